The third-order valence-electron chi connectivity index (χ3n) is 2.97. The second kappa shape index (κ2) is 4.11. The van der Waals surface area contributed by atoms with Gasteiger partial charge in [-0.2, -0.15) is 0 Å². The Kier molecular flexibility index (Phi) is 2.85. The highest BCUT2D eigenvalue weighted by Gasteiger charge is 2.26. The molecule has 0 radical (unpaired) electrons. The lowest BCUT2D eigenvalue weighted by molar-refractivity contribution is 0.115. The second-order valence-corrected chi connectivity index (χ2v) is 3.98. The van der Waals surface area contributed by atoms with Crippen molar-refractivity contribution in [2.24, 2.45) is 5.73 Å². The molecule has 0 amide bonds. The zero-order valence-corrected chi connectivity index (χ0v) is 8.57. The Morgan fingerprint density at radius 2 is 2.21 bits per heavy atom. The van der Waals surface area contributed by atoms with Crippen molar-refractivity contribution >= 4 is 0 Å². The van der Waals surface area contributed by atoms with E-state index in [4.69, 9.17) is 10.5 Å². The van der Waals surface area contributed by atoms with Crippen molar-refractivity contribution in [3.05, 3.63) is 35.4 Å². The summed E-state index contributed by atoms with van der Waals surface area (Å²) in [5.74, 6) is 0.546. The van der Waals surface area contributed by atoms with E-state index >= 15 is 0 Å². The van der Waals surface area contributed by atoms with Crippen molar-refractivity contribution in [3.63, 3.8) is 0 Å². The Bertz CT molecular complexity index is 311. The molecular formula is C12H17NO. The maximum absolute atomic E-state index is 5.60. The Morgan fingerprint density at radius 3 is 2.86 bits per heavy atom. The molecule has 1 fully saturated rings. The molecular weight excluding hydrogens is 174 g/mol. The SMILES string of the molecule is Cc1ccccc1[C@@H]1CO[C@H](CN)C1. The van der Waals surface area contributed by atoms with Crippen molar-refractivity contribution < 1.29 is 4.74 Å². The van der Waals surface area contributed by atoms with Gasteiger partial charge in [-0.3, -0.25) is 0 Å². The Labute approximate surface area is 85.1 Å². The van der Waals surface area contributed by atoms with E-state index < -0.39 is 0 Å². The Morgan fingerprint density at radius 1 is 1.43 bits per heavy atom. The van der Waals surface area contributed by atoms with Crippen LogP contribution in [-0.4, -0.2) is 19.3 Å². The average molecular weight is 191 g/mol. The summed E-state index contributed by atoms with van der Waals surface area (Å²) in [5, 5.41) is 0. The molecule has 14 heavy (non-hydrogen) atoms. The predicted molar refractivity (Wildman–Crippen MR) is 57.3 cm³/mol. The molecule has 2 nitrogen and oxygen atoms in total. The number of rotatable bonds is 2. The van der Waals surface area contributed by atoms with Crippen LogP contribution in [0.3, 0.4) is 0 Å². The highest BCUT2D eigenvalue weighted by atomic mass is 16.5. The number of nitrogens with two attached hydrogens (primary N) is 1. The summed E-state index contributed by atoms with van der Waals surface area (Å²) >= 11 is 0. The summed E-state index contributed by atoms with van der Waals surface area (Å²) in [4.78, 5) is 0. The van der Waals surface area contributed by atoms with Crippen molar-refractivity contribution in [1.82, 2.24) is 0 Å². The molecule has 1 aromatic rings. The second-order valence-electron chi connectivity index (χ2n) is 3.98. The molecule has 2 rings (SSSR count). The van der Waals surface area contributed by atoms with Gasteiger partial charge in [0.25, 0.3) is 0 Å². The smallest absolute Gasteiger partial charge is 0.0704 e. The van der Waals surface area contributed by atoms with Crippen LogP contribution in [0.2, 0.25) is 0 Å². The van der Waals surface area contributed by atoms with Crippen molar-refractivity contribution in [3.8, 4) is 0 Å². The molecule has 1 aromatic carbocycles. The van der Waals surface area contributed by atoms with Crippen molar-refractivity contribution in [1.29, 1.82) is 0 Å². The van der Waals surface area contributed by atoms with E-state index in [1.165, 1.54) is 11.1 Å². The van der Waals surface area contributed by atoms with Crippen molar-refractivity contribution in [2.75, 3.05) is 13.2 Å². The molecule has 0 aliphatic carbocycles. The fraction of sp³-hybridized carbons (Fsp3) is 0.500. The van der Waals surface area contributed by atoms with Gasteiger partial charge in [0.2, 0.25) is 0 Å². The van der Waals surface area contributed by atoms with Gasteiger partial charge in [-0.15, -0.1) is 0 Å². The lowest BCUT2D eigenvalue weighted by atomic mass is 9.93. The summed E-state index contributed by atoms with van der Waals surface area (Å²) in [6.07, 6.45) is 1.33. The van der Waals surface area contributed by atoms with E-state index in [1.807, 2.05) is 0 Å². The maximum atomic E-state index is 5.60. The maximum Gasteiger partial charge on any atom is 0.0704 e. The van der Waals surface area contributed by atoms with Gasteiger partial charge in [0, 0.05) is 12.5 Å². The first-order valence-corrected chi connectivity index (χ1v) is 5.18. The van der Waals surface area contributed by atoms with Crippen LogP contribution in [0.1, 0.15) is 23.5 Å². The van der Waals surface area contributed by atoms with E-state index in [-0.39, 0.29) is 6.10 Å². The minimum Gasteiger partial charge on any atom is -0.376 e. The molecule has 0 bridgehead atoms. The molecule has 0 saturated carbocycles. The molecule has 1 aliphatic heterocycles. The van der Waals surface area contributed by atoms with E-state index in [2.05, 4.69) is 31.2 Å². The zero-order chi connectivity index (χ0) is 9.97. The van der Waals surface area contributed by atoms with Gasteiger partial charge in [0.15, 0.2) is 0 Å². The minimum absolute atomic E-state index is 0.264. The predicted octanol–water partition coefficient (Wildman–Crippen LogP) is 1.83. The summed E-state index contributed by atoms with van der Waals surface area (Å²) in [5.41, 5.74) is 8.37. The first-order valence-electron chi connectivity index (χ1n) is 5.18. The van der Waals surface area contributed by atoms with Gasteiger partial charge in [-0.1, -0.05) is 24.3 Å². The molecule has 1 saturated heterocycles. The van der Waals surface area contributed by atoms with Crippen LogP contribution in [0, 0.1) is 6.92 Å². The first kappa shape index (κ1) is 9.69. The molecule has 1 aliphatic rings. The fourth-order valence-corrected chi connectivity index (χ4v) is 2.13. The van der Waals surface area contributed by atoms with Crippen LogP contribution < -0.4 is 5.73 Å². The topological polar surface area (TPSA) is 35.2 Å². The molecule has 1 heterocycles. The van der Waals surface area contributed by atoms with Crippen LogP contribution in [0.4, 0.5) is 0 Å². The molecule has 76 valence electrons. The third kappa shape index (κ3) is 1.81. The number of hydrogen-bond donors (Lipinski definition) is 1. The normalized spacial score (nSPS) is 26.7. The van der Waals surface area contributed by atoms with Gasteiger partial charge in [0.05, 0.1) is 12.7 Å². The molecule has 0 aromatic heterocycles. The van der Waals surface area contributed by atoms with Crippen LogP contribution in [0.15, 0.2) is 24.3 Å². The highest BCUT2D eigenvalue weighted by Crippen LogP contribution is 2.30. The molecule has 2 N–H and O–H groups in total. The van der Waals surface area contributed by atoms with Gasteiger partial charge < -0.3 is 10.5 Å². The van der Waals surface area contributed by atoms with Gasteiger partial charge in [-0.25, -0.2) is 0 Å². The van der Waals surface area contributed by atoms with Gasteiger partial charge >= 0.3 is 0 Å². The van der Waals surface area contributed by atoms with Gasteiger partial charge in [0.1, 0.15) is 0 Å². The largest absolute Gasteiger partial charge is 0.376 e. The van der Waals surface area contributed by atoms with Gasteiger partial charge in [-0.05, 0) is 24.5 Å². The Balaban J connectivity index is 2.13. The van der Waals surface area contributed by atoms with Crippen LogP contribution >= 0.6 is 0 Å². The van der Waals surface area contributed by atoms with E-state index in [0.29, 0.717) is 12.5 Å². The standard InChI is InChI=1S/C12H17NO/c1-9-4-2-3-5-12(9)10-6-11(7-13)14-8-10/h2-5,10-11H,6-8,13H2,1H3/t10-,11-/m0/s1. The number of benzene rings is 1. The first-order chi connectivity index (χ1) is 6.81. The third-order valence-corrected chi connectivity index (χ3v) is 2.97. The molecule has 0 spiro atoms. The number of ether oxygens (including phenoxy) is 1. The Hall–Kier alpha value is -0.860. The summed E-state index contributed by atoms with van der Waals surface area (Å²) in [7, 11) is 0. The molecule has 0 unspecified atom stereocenters. The van der Waals surface area contributed by atoms with Crippen LogP contribution in [-0.2, 0) is 4.74 Å². The summed E-state index contributed by atoms with van der Waals surface area (Å²) in [6.45, 7) is 3.63. The number of hydrogen-bond acceptors (Lipinski definition) is 2. The fourth-order valence-electron chi connectivity index (χ4n) is 2.13. The lowest BCUT2D eigenvalue weighted by Gasteiger charge is -2.11. The van der Waals surface area contributed by atoms with E-state index in [1.54, 1.807) is 0 Å². The average Bonchev–Trinajstić information content (AvgIpc) is 2.67. The van der Waals surface area contributed by atoms with Crippen LogP contribution in [0.25, 0.3) is 0 Å². The zero-order valence-electron chi connectivity index (χ0n) is 8.57. The lowest BCUT2D eigenvalue weighted by Crippen LogP contribution is -2.18. The van der Waals surface area contributed by atoms with Crippen molar-refractivity contribution in [2.45, 2.75) is 25.4 Å². The van der Waals surface area contributed by atoms with Crippen LogP contribution in [0.5, 0.6) is 0 Å². The quantitative estimate of drug-likeness (QED) is 0.774. The molecule has 2 atom stereocenters. The van der Waals surface area contributed by atoms with E-state index in [9.17, 15) is 0 Å². The summed E-state index contributed by atoms with van der Waals surface area (Å²) < 4.78 is 5.60. The monoisotopic (exact) mass is 191 g/mol. The summed E-state index contributed by atoms with van der Waals surface area (Å²) in [6, 6.07) is 8.53. The number of aryl methyl sites for hydroxylation is 1. The minimum atomic E-state index is 0.264. The molecule has 2 heteroatoms. The van der Waals surface area contributed by atoms with E-state index in [0.717, 1.165) is 13.0 Å². The highest BCUT2D eigenvalue weighted by molar-refractivity contribution is 5.29.